The van der Waals surface area contributed by atoms with Crippen LogP contribution in [-0.2, 0) is 10.3 Å². The third kappa shape index (κ3) is 1.52. The molecule has 2 N–H and O–H groups in total. The lowest BCUT2D eigenvalue weighted by molar-refractivity contribution is -0.122. The van der Waals surface area contributed by atoms with E-state index in [-0.39, 0.29) is 5.54 Å². The van der Waals surface area contributed by atoms with Gasteiger partial charge >= 0.3 is 0 Å². The molecular formula is C10H14N2O. The van der Waals surface area contributed by atoms with Gasteiger partial charge < -0.3 is 10.3 Å². The van der Waals surface area contributed by atoms with E-state index in [9.17, 15) is 4.79 Å². The molecule has 13 heavy (non-hydrogen) atoms. The van der Waals surface area contributed by atoms with Crippen molar-refractivity contribution in [2.45, 2.75) is 25.3 Å². The largest absolute Gasteiger partial charge is 0.367 e. The highest BCUT2D eigenvalue weighted by Crippen LogP contribution is 2.27. The van der Waals surface area contributed by atoms with Gasteiger partial charge in [-0.05, 0) is 18.6 Å². The normalized spacial score (nSPS) is 29.2. The molecule has 0 radical (unpaired) electrons. The number of Topliss-reactive ketones (excluding diaryl/α,β-unsaturated/α-hetero) is 1. The van der Waals surface area contributed by atoms with Gasteiger partial charge in [-0.1, -0.05) is 0 Å². The number of hydrogen-bond donors (Lipinski definition) is 2. The van der Waals surface area contributed by atoms with Crippen LogP contribution in [0.25, 0.3) is 0 Å². The molecule has 1 unspecified atom stereocenters. The van der Waals surface area contributed by atoms with Crippen molar-refractivity contribution in [2.75, 3.05) is 6.54 Å². The van der Waals surface area contributed by atoms with E-state index < -0.39 is 0 Å². The van der Waals surface area contributed by atoms with Crippen LogP contribution in [-0.4, -0.2) is 17.3 Å². The molecule has 70 valence electrons. The van der Waals surface area contributed by atoms with Crippen molar-refractivity contribution in [3.05, 3.63) is 24.0 Å². The molecule has 1 atom stereocenters. The lowest BCUT2D eigenvalue weighted by atomic mass is 9.85. The maximum absolute atomic E-state index is 11.3. The first-order valence-corrected chi connectivity index (χ1v) is 4.61. The van der Waals surface area contributed by atoms with Crippen molar-refractivity contribution >= 4 is 5.78 Å². The smallest absolute Gasteiger partial charge is 0.136 e. The second-order valence-corrected chi connectivity index (χ2v) is 3.82. The zero-order chi connectivity index (χ0) is 9.31. The van der Waals surface area contributed by atoms with E-state index in [0.29, 0.717) is 18.6 Å². The van der Waals surface area contributed by atoms with Gasteiger partial charge in [0.1, 0.15) is 5.78 Å². The number of carbonyl (C=O) groups is 1. The Hall–Kier alpha value is -1.09. The van der Waals surface area contributed by atoms with Gasteiger partial charge in [0.2, 0.25) is 0 Å². The monoisotopic (exact) mass is 178 g/mol. The Bertz CT molecular complexity index is 305. The highest BCUT2D eigenvalue weighted by molar-refractivity contribution is 5.80. The van der Waals surface area contributed by atoms with E-state index in [1.54, 1.807) is 0 Å². The van der Waals surface area contributed by atoms with E-state index in [1.165, 1.54) is 5.56 Å². The standard InChI is InChI=1S/C10H14N2O/c1-10(8-2-4-11-7-8)6-9(13)3-5-12-10/h2,4,7,11-12H,3,5-6H2,1H3. The summed E-state index contributed by atoms with van der Waals surface area (Å²) in [6.45, 7) is 2.87. The van der Waals surface area contributed by atoms with E-state index in [1.807, 2.05) is 18.5 Å². The molecule has 1 saturated heterocycles. The van der Waals surface area contributed by atoms with Gasteiger partial charge in [0, 0.05) is 37.3 Å². The second kappa shape index (κ2) is 3.00. The SMILES string of the molecule is CC1(c2cc[nH]c2)CC(=O)CCN1. The molecule has 0 amide bonds. The van der Waals surface area contributed by atoms with Crippen molar-refractivity contribution in [2.24, 2.45) is 0 Å². The Morgan fingerprint density at radius 3 is 3.00 bits per heavy atom. The third-order valence-electron chi connectivity index (χ3n) is 2.70. The highest BCUT2D eigenvalue weighted by Gasteiger charge is 2.32. The highest BCUT2D eigenvalue weighted by atomic mass is 16.1. The van der Waals surface area contributed by atoms with Gasteiger partial charge in [-0.3, -0.25) is 4.79 Å². The van der Waals surface area contributed by atoms with Crippen molar-refractivity contribution in [3.8, 4) is 0 Å². The molecular weight excluding hydrogens is 164 g/mol. The summed E-state index contributed by atoms with van der Waals surface area (Å²) in [4.78, 5) is 14.3. The number of H-pyrrole nitrogens is 1. The van der Waals surface area contributed by atoms with Gasteiger partial charge in [-0.2, -0.15) is 0 Å². The summed E-state index contributed by atoms with van der Waals surface area (Å²) < 4.78 is 0. The van der Waals surface area contributed by atoms with Crippen molar-refractivity contribution in [1.82, 2.24) is 10.3 Å². The van der Waals surface area contributed by atoms with Gasteiger partial charge in [-0.15, -0.1) is 0 Å². The summed E-state index contributed by atoms with van der Waals surface area (Å²) in [6.07, 6.45) is 5.11. The predicted molar refractivity (Wildman–Crippen MR) is 50.4 cm³/mol. The van der Waals surface area contributed by atoms with Crippen LogP contribution < -0.4 is 5.32 Å². The molecule has 2 rings (SSSR count). The summed E-state index contributed by atoms with van der Waals surface area (Å²) >= 11 is 0. The molecule has 1 aliphatic rings. The predicted octanol–water partition coefficient (Wildman–Crippen LogP) is 1.18. The number of rotatable bonds is 1. The number of ketones is 1. The molecule has 1 fully saturated rings. The van der Waals surface area contributed by atoms with Gasteiger partial charge in [0.25, 0.3) is 0 Å². The van der Waals surface area contributed by atoms with Crippen LogP contribution in [0.4, 0.5) is 0 Å². The van der Waals surface area contributed by atoms with E-state index in [4.69, 9.17) is 0 Å². The number of aromatic amines is 1. The number of carbonyl (C=O) groups excluding carboxylic acids is 1. The van der Waals surface area contributed by atoms with Crippen LogP contribution in [0, 0.1) is 0 Å². The minimum Gasteiger partial charge on any atom is -0.367 e. The van der Waals surface area contributed by atoms with Crippen molar-refractivity contribution in [1.29, 1.82) is 0 Å². The molecule has 2 heterocycles. The molecule has 0 bridgehead atoms. The molecule has 0 spiro atoms. The summed E-state index contributed by atoms with van der Waals surface area (Å²) in [5, 5.41) is 3.39. The Morgan fingerprint density at radius 2 is 2.38 bits per heavy atom. The quantitative estimate of drug-likeness (QED) is 0.678. The molecule has 0 saturated carbocycles. The van der Waals surface area contributed by atoms with E-state index >= 15 is 0 Å². The number of hydrogen-bond acceptors (Lipinski definition) is 2. The average Bonchev–Trinajstić information content (AvgIpc) is 2.55. The number of nitrogens with one attached hydrogen (secondary N) is 2. The van der Waals surface area contributed by atoms with Crippen LogP contribution in [0.2, 0.25) is 0 Å². The minimum atomic E-state index is -0.157. The van der Waals surface area contributed by atoms with Crippen molar-refractivity contribution < 1.29 is 4.79 Å². The molecule has 0 aromatic carbocycles. The Labute approximate surface area is 77.5 Å². The lowest BCUT2D eigenvalue weighted by Gasteiger charge is -2.33. The van der Waals surface area contributed by atoms with Crippen molar-refractivity contribution in [3.63, 3.8) is 0 Å². The lowest BCUT2D eigenvalue weighted by Crippen LogP contribution is -2.46. The topological polar surface area (TPSA) is 44.9 Å². The number of aromatic nitrogens is 1. The van der Waals surface area contributed by atoms with E-state index in [0.717, 1.165) is 6.54 Å². The van der Waals surface area contributed by atoms with Gasteiger partial charge in [-0.25, -0.2) is 0 Å². The number of piperidine rings is 1. The first-order chi connectivity index (χ1) is 6.21. The van der Waals surface area contributed by atoms with Crippen LogP contribution >= 0.6 is 0 Å². The van der Waals surface area contributed by atoms with Crippen LogP contribution in [0.1, 0.15) is 25.3 Å². The van der Waals surface area contributed by atoms with Crippen LogP contribution in [0.15, 0.2) is 18.5 Å². The molecule has 1 aromatic heterocycles. The summed E-state index contributed by atoms with van der Waals surface area (Å²) in [5.41, 5.74) is 1.01. The molecule has 3 heteroatoms. The second-order valence-electron chi connectivity index (χ2n) is 3.82. The maximum Gasteiger partial charge on any atom is 0.136 e. The molecule has 1 aliphatic heterocycles. The fourth-order valence-electron chi connectivity index (χ4n) is 1.89. The Kier molecular flexibility index (Phi) is 1.96. The first-order valence-electron chi connectivity index (χ1n) is 4.61. The minimum absolute atomic E-state index is 0.157. The fourth-order valence-corrected chi connectivity index (χ4v) is 1.89. The van der Waals surface area contributed by atoms with Gasteiger partial charge in [0.05, 0.1) is 0 Å². The van der Waals surface area contributed by atoms with Crippen LogP contribution in [0.3, 0.4) is 0 Å². The fraction of sp³-hybridized carbons (Fsp3) is 0.500. The van der Waals surface area contributed by atoms with Crippen LogP contribution in [0.5, 0.6) is 0 Å². The first kappa shape index (κ1) is 8.51. The summed E-state index contributed by atoms with van der Waals surface area (Å²) in [7, 11) is 0. The zero-order valence-electron chi connectivity index (χ0n) is 7.76. The summed E-state index contributed by atoms with van der Waals surface area (Å²) in [5.74, 6) is 0.349. The Balaban J connectivity index is 2.24. The Morgan fingerprint density at radius 1 is 1.54 bits per heavy atom. The maximum atomic E-state index is 11.3. The third-order valence-corrected chi connectivity index (χ3v) is 2.70. The molecule has 3 nitrogen and oxygen atoms in total. The molecule has 0 aliphatic carbocycles. The van der Waals surface area contributed by atoms with Gasteiger partial charge in [0.15, 0.2) is 0 Å². The summed E-state index contributed by atoms with van der Waals surface area (Å²) in [6, 6.07) is 2.02. The molecule has 1 aromatic rings. The average molecular weight is 178 g/mol. The zero-order valence-corrected chi connectivity index (χ0v) is 7.76. The van der Waals surface area contributed by atoms with E-state index in [2.05, 4.69) is 17.2 Å².